The molecule has 2 aromatic rings. The molecule has 1 aromatic heterocycles. The van der Waals surface area contributed by atoms with Gasteiger partial charge in [-0.05, 0) is 38.1 Å². The molecule has 1 saturated heterocycles. The van der Waals surface area contributed by atoms with E-state index in [1.807, 2.05) is 37.3 Å². The fourth-order valence-electron chi connectivity index (χ4n) is 3.61. The number of rotatable bonds is 6. The molecule has 0 unspecified atom stereocenters. The Morgan fingerprint density at radius 3 is 2.58 bits per heavy atom. The zero-order valence-electron chi connectivity index (χ0n) is 18.5. The van der Waals surface area contributed by atoms with Gasteiger partial charge in [0, 0.05) is 30.6 Å². The number of anilines is 1. The molecule has 4 rings (SSSR count). The first kappa shape index (κ1) is 23.9. The number of allylic oxidation sites excluding steroid dienone is 1. The summed E-state index contributed by atoms with van der Waals surface area (Å²) in [6.07, 6.45) is 5.47. The summed E-state index contributed by atoms with van der Waals surface area (Å²) in [7, 11) is 1.66. The maximum Gasteiger partial charge on any atom is 0.269 e. The second-order valence-corrected chi connectivity index (χ2v) is 10.8. The van der Waals surface area contributed by atoms with Crippen molar-refractivity contribution in [3.8, 4) is 5.75 Å². The number of methoxy groups -OCH3 is 1. The van der Waals surface area contributed by atoms with E-state index < -0.39 is 0 Å². The third kappa shape index (κ3) is 4.32. The number of carbonyl (C=O) groups excluding carboxylic acids is 1. The second kappa shape index (κ2) is 9.92. The summed E-state index contributed by atoms with van der Waals surface area (Å²) in [5.41, 5.74) is 0.993. The van der Waals surface area contributed by atoms with Crippen LogP contribution in [0.1, 0.15) is 13.8 Å². The predicted molar refractivity (Wildman–Crippen MR) is 143 cm³/mol. The first-order chi connectivity index (χ1) is 15.9. The second-order valence-electron chi connectivity index (χ2n) is 7.07. The van der Waals surface area contributed by atoms with Gasteiger partial charge in [0.05, 0.1) is 22.4 Å². The summed E-state index contributed by atoms with van der Waals surface area (Å²) in [5, 5.41) is 1.04. The number of thiazole rings is 1. The number of hydrogen-bond donors (Lipinski definition) is 0. The number of thiocarbonyl (C=S) groups is 1. The van der Waals surface area contributed by atoms with E-state index >= 15 is 0 Å². The van der Waals surface area contributed by atoms with Crippen LogP contribution in [0.5, 0.6) is 5.75 Å². The highest BCUT2D eigenvalue weighted by Crippen LogP contribution is 2.47. The molecule has 172 valence electrons. The van der Waals surface area contributed by atoms with E-state index in [1.54, 1.807) is 29.5 Å². The minimum Gasteiger partial charge on any atom is -0.497 e. The Morgan fingerprint density at radius 2 is 1.91 bits per heavy atom. The third-order valence-electron chi connectivity index (χ3n) is 5.21. The number of fused-ring (bicyclic) bond motifs is 1. The van der Waals surface area contributed by atoms with Crippen molar-refractivity contribution < 1.29 is 9.53 Å². The molecule has 2 aliphatic heterocycles. The molecule has 0 spiro atoms. The van der Waals surface area contributed by atoms with Crippen LogP contribution < -0.4 is 24.4 Å². The van der Waals surface area contributed by atoms with Crippen molar-refractivity contribution in [1.82, 2.24) is 9.47 Å². The van der Waals surface area contributed by atoms with Gasteiger partial charge in [-0.2, -0.15) is 0 Å². The maximum absolute atomic E-state index is 13.1. The van der Waals surface area contributed by atoms with E-state index in [1.165, 1.54) is 28.0 Å². The molecule has 1 fully saturated rings. The van der Waals surface area contributed by atoms with E-state index in [9.17, 15) is 9.59 Å². The van der Waals surface area contributed by atoms with E-state index in [4.69, 9.17) is 17.0 Å². The Hall–Kier alpha value is -2.27. The molecule has 0 radical (unpaired) electrons. The van der Waals surface area contributed by atoms with Gasteiger partial charge in [0.2, 0.25) is 0 Å². The van der Waals surface area contributed by atoms with Crippen LogP contribution in [-0.2, 0) is 11.3 Å². The molecule has 0 atom stereocenters. The largest absolute Gasteiger partial charge is 0.497 e. The quantitative estimate of drug-likeness (QED) is 0.430. The molecule has 0 bridgehead atoms. The number of benzene rings is 1. The van der Waals surface area contributed by atoms with E-state index in [-0.39, 0.29) is 11.5 Å². The molecule has 0 N–H and O–H groups in total. The zero-order valence-corrected chi connectivity index (χ0v) is 21.8. The number of thioether (sulfide) groups is 2. The number of aromatic nitrogens is 1. The lowest BCUT2D eigenvalue weighted by atomic mass is 10.2. The van der Waals surface area contributed by atoms with Gasteiger partial charge in [0.1, 0.15) is 19.6 Å². The fourth-order valence-corrected chi connectivity index (χ4v) is 7.26. The number of carbonyl (C=O) groups is 1. The topological polar surface area (TPSA) is 54.8 Å². The van der Waals surface area contributed by atoms with Crippen LogP contribution in [0.15, 0.2) is 51.6 Å². The lowest BCUT2D eigenvalue weighted by Gasteiger charge is -2.18. The van der Waals surface area contributed by atoms with Crippen LogP contribution in [0.25, 0.3) is 11.0 Å². The predicted octanol–water partition coefficient (Wildman–Crippen LogP) is 3.35. The first-order valence-electron chi connectivity index (χ1n) is 10.4. The van der Waals surface area contributed by atoms with Crippen LogP contribution in [0.4, 0.5) is 5.69 Å². The number of hydrogen-bond acceptors (Lipinski definition) is 8. The van der Waals surface area contributed by atoms with Gasteiger partial charge in [-0.25, -0.2) is 0 Å². The summed E-state index contributed by atoms with van der Waals surface area (Å²) < 4.78 is 8.74. The number of ether oxygens (including phenoxy) is 1. The summed E-state index contributed by atoms with van der Waals surface area (Å²) in [6, 6.07) is 6.02. The van der Waals surface area contributed by atoms with Crippen LogP contribution in [0.3, 0.4) is 0 Å². The highest BCUT2D eigenvalue weighted by Gasteiger charge is 2.33. The Balaban J connectivity index is 1.78. The van der Waals surface area contributed by atoms with E-state index in [0.717, 1.165) is 27.9 Å². The molecular formula is C23H23N3O3S4. The van der Waals surface area contributed by atoms with Crippen LogP contribution in [0, 0.1) is 0 Å². The zero-order chi connectivity index (χ0) is 23.7. The Kier molecular flexibility index (Phi) is 7.18. The van der Waals surface area contributed by atoms with Crippen molar-refractivity contribution in [2.45, 2.75) is 25.3 Å². The normalized spacial score (nSPS) is 19.1. The fraction of sp³-hybridized carbons (Fsp3) is 0.261. The highest BCUT2D eigenvalue weighted by atomic mass is 32.2. The average molecular weight is 518 g/mol. The average Bonchev–Trinajstić information content (AvgIpc) is 3.43. The molecule has 33 heavy (non-hydrogen) atoms. The molecule has 3 heterocycles. The molecule has 6 nitrogen and oxygen atoms in total. The van der Waals surface area contributed by atoms with Crippen molar-refractivity contribution >= 4 is 74.0 Å². The SMILES string of the molecule is C=CCN1C(=O)/C(=c2/s/c(=C\C=C3\Sc4ccc(OC)cc4N3CC)c(=O)n2CC)SC1=S. The summed E-state index contributed by atoms with van der Waals surface area (Å²) >= 11 is 9.60. The minimum atomic E-state index is -0.175. The van der Waals surface area contributed by atoms with Gasteiger partial charge in [-0.3, -0.25) is 19.1 Å². The van der Waals surface area contributed by atoms with Crippen molar-refractivity contribution in [3.05, 3.63) is 61.5 Å². The maximum atomic E-state index is 13.1. The monoisotopic (exact) mass is 517 g/mol. The van der Waals surface area contributed by atoms with Crippen molar-refractivity contribution in [1.29, 1.82) is 0 Å². The van der Waals surface area contributed by atoms with E-state index in [2.05, 4.69) is 18.4 Å². The summed E-state index contributed by atoms with van der Waals surface area (Å²) in [6.45, 7) is 9.31. The highest BCUT2D eigenvalue weighted by molar-refractivity contribution is 8.30. The standard InChI is InChI=1S/C23H23N3O3S4/c1-5-12-26-21(28)19(33-23(26)30)22-25(7-3)20(27)17(32-22)10-11-18-24(6-2)15-13-14(29-4)8-9-16(15)31-18/h5,8-11,13H,1,6-7,12H2,2-4H3/b17-10-,18-11+,22-19-. The van der Waals surface area contributed by atoms with Crippen LogP contribution >= 0.6 is 47.1 Å². The van der Waals surface area contributed by atoms with Crippen molar-refractivity contribution in [2.24, 2.45) is 0 Å². The first-order valence-corrected chi connectivity index (χ1v) is 13.2. The van der Waals surface area contributed by atoms with Gasteiger partial charge in [0.25, 0.3) is 11.5 Å². The Bertz CT molecular complexity index is 1360. The lowest BCUT2D eigenvalue weighted by molar-refractivity contribution is -0.120. The lowest BCUT2D eigenvalue weighted by Crippen LogP contribution is -2.33. The van der Waals surface area contributed by atoms with Gasteiger partial charge in [0.15, 0.2) is 0 Å². The summed E-state index contributed by atoms with van der Waals surface area (Å²) in [5.74, 6) is 0.636. The number of amides is 1. The minimum absolute atomic E-state index is 0.103. The van der Waals surface area contributed by atoms with Crippen LogP contribution in [-0.4, -0.2) is 39.9 Å². The Labute approximate surface area is 209 Å². The molecule has 0 aliphatic carbocycles. The molecule has 0 saturated carbocycles. The number of nitrogens with zero attached hydrogens (tertiary/aromatic N) is 3. The van der Waals surface area contributed by atoms with Gasteiger partial charge >= 0.3 is 0 Å². The molecule has 1 aromatic carbocycles. The molecule has 1 amide bonds. The smallest absolute Gasteiger partial charge is 0.269 e. The van der Waals surface area contributed by atoms with Crippen molar-refractivity contribution in [2.75, 3.05) is 25.1 Å². The molecular weight excluding hydrogens is 495 g/mol. The van der Waals surface area contributed by atoms with Gasteiger partial charge < -0.3 is 9.64 Å². The van der Waals surface area contributed by atoms with Gasteiger partial charge in [-0.15, -0.1) is 17.9 Å². The van der Waals surface area contributed by atoms with Gasteiger partial charge in [-0.1, -0.05) is 41.8 Å². The third-order valence-corrected chi connectivity index (χ3v) is 9.06. The van der Waals surface area contributed by atoms with Crippen molar-refractivity contribution in [3.63, 3.8) is 0 Å². The molecule has 10 heteroatoms. The molecule has 2 aliphatic rings. The Morgan fingerprint density at radius 1 is 1.12 bits per heavy atom. The summed E-state index contributed by atoms with van der Waals surface area (Å²) in [4.78, 5) is 31.4. The van der Waals surface area contributed by atoms with Crippen LogP contribution in [0.2, 0.25) is 0 Å². The van der Waals surface area contributed by atoms with E-state index in [0.29, 0.717) is 31.5 Å².